The van der Waals surface area contributed by atoms with Crippen molar-refractivity contribution in [2.24, 2.45) is 0 Å². The zero-order valence-corrected chi connectivity index (χ0v) is 13.1. The van der Waals surface area contributed by atoms with Gasteiger partial charge in [0.15, 0.2) is 0 Å². The summed E-state index contributed by atoms with van der Waals surface area (Å²) in [5, 5.41) is 15.0. The van der Waals surface area contributed by atoms with Crippen LogP contribution in [0.2, 0.25) is 0 Å². The Morgan fingerprint density at radius 1 is 1.42 bits per heavy atom. The average molecular weight is 324 g/mol. The van der Waals surface area contributed by atoms with Gasteiger partial charge in [-0.25, -0.2) is 0 Å². The maximum atomic E-state index is 12.0. The molecule has 0 fully saturated rings. The Morgan fingerprint density at radius 2 is 2.05 bits per heavy atom. The number of nitrogens with zero attached hydrogens (tertiary/aromatic N) is 1. The molecule has 1 amide bonds. The van der Waals surface area contributed by atoms with Crippen LogP contribution < -0.4 is 10.6 Å². The number of anilines is 1. The van der Waals surface area contributed by atoms with Gasteiger partial charge in [-0.05, 0) is 45.9 Å². The van der Waals surface area contributed by atoms with E-state index in [-0.39, 0.29) is 11.4 Å². The molecule has 0 bridgehead atoms. The van der Waals surface area contributed by atoms with Gasteiger partial charge < -0.3 is 10.6 Å². The lowest BCUT2D eigenvalue weighted by molar-refractivity contribution is -0.122. The van der Waals surface area contributed by atoms with E-state index in [9.17, 15) is 4.79 Å². The summed E-state index contributed by atoms with van der Waals surface area (Å²) in [6, 6.07) is 6.98. The molecule has 0 saturated heterocycles. The normalized spacial score (nSPS) is 12.4. The van der Waals surface area contributed by atoms with E-state index in [1.807, 2.05) is 20.8 Å². The van der Waals surface area contributed by atoms with Crippen molar-refractivity contribution in [3.05, 3.63) is 28.2 Å². The second-order valence-corrected chi connectivity index (χ2v) is 6.32. The number of carbonyl (C=O) groups is 1. The second kappa shape index (κ2) is 6.07. The number of nitrogens with one attached hydrogen (secondary N) is 2. The molecule has 1 unspecified atom stereocenters. The van der Waals surface area contributed by atoms with Crippen LogP contribution in [0.5, 0.6) is 0 Å². The van der Waals surface area contributed by atoms with Gasteiger partial charge >= 0.3 is 0 Å². The minimum atomic E-state index is -0.416. The first-order chi connectivity index (χ1) is 8.73. The number of hydrogen-bond acceptors (Lipinski definition) is 3. The number of rotatable bonds is 3. The van der Waals surface area contributed by atoms with Crippen LogP contribution >= 0.6 is 15.9 Å². The Hall–Kier alpha value is -1.54. The van der Waals surface area contributed by atoms with Gasteiger partial charge in [0.2, 0.25) is 5.91 Å². The van der Waals surface area contributed by atoms with Crippen molar-refractivity contribution in [3.63, 3.8) is 0 Å². The third-order valence-corrected chi connectivity index (χ3v) is 2.86. The number of benzene rings is 1. The van der Waals surface area contributed by atoms with E-state index < -0.39 is 6.04 Å². The van der Waals surface area contributed by atoms with Crippen molar-refractivity contribution in [1.29, 1.82) is 5.26 Å². The molecule has 0 aliphatic carbocycles. The molecular weight excluding hydrogens is 306 g/mol. The third kappa shape index (κ3) is 4.92. The molecule has 0 aliphatic heterocycles. The molecule has 1 rings (SSSR count). The summed E-state index contributed by atoms with van der Waals surface area (Å²) in [5.74, 6) is -0.101. The Balaban J connectivity index is 2.83. The molecule has 1 atom stereocenters. The fraction of sp³-hybridized carbons (Fsp3) is 0.429. The maximum absolute atomic E-state index is 12.0. The van der Waals surface area contributed by atoms with Crippen molar-refractivity contribution < 1.29 is 4.79 Å². The fourth-order valence-corrected chi connectivity index (χ4v) is 1.87. The lowest BCUT2D eigenvalue weighted by Gasteiger charge is -2.24. The highest BCUT2D eigenvalue weighted by molar-refractivity contribution is 9.10. The van der Waals surface area contributed by atoms with E-state index >= 15 is 0 Å². The summed E-state index contributed by atoms with van der Waals surface area (Å²) in [5.41, 5.74) is 0.884. The smallest absolute Gasteiger partial charge is 0.242 e. The van der Waals surface area contributed by atoms with Gasteiger partial charge in [0.05, 0.1) is 11.3 Å². The minimum Gasteiger partial charge on any atom is -0.373 e. The molecule has 5 heteroatoms. The number of hydrogen-bond donors (Lipinski definition) is 2. The zero-order chi connectivity index (χ0) is 14.6. The average Bonchev–Trinajstić information content (AvgIpc) is 2.27. The van der Waals surface area contributed by atoms with Gasteiger partial charge in [-0.3, -0.25) is 4.79 Å². The largest absolute Gasteiger partial charge is 0.373 e. The molecule has 0 spiro atoms. The third-order valence-electron chi connectivity index (χ3n) is 2.37. The Kier molecular flexibility index (Phi) is 4.96. The molecule has 102 valence electrons. The number of carbonyl (C=O) groups excluding carboxylic acids is 1. The predicted octanol–water partition coefficient (Wildman–Crippen LogP) is 3.04. The molecular formula is C14H18BrN3O. The van der Waals surface area contributed by atoms with E-state index in [0.717, 1.165) is 4.47 Å². The maximum Gasteiger partial charge on any atom is 0.242 e. The summed E-state index contributed by atoms with van der Waals surface area (Å²) < 4.78 is 0.859. The molecule has 19 heavy (non-hydrogen) atoms. The summed E-state index contributed by atoms with van der Waals surface area (Å²) >= 11 is 3.35. The van der Waals surface area contributed by atoms with E-state index in [1.165, 1.54) is 0 Å². The highest BCUT2D eigenvalue weighted by atomic mass is 79.9. The van der Waals surface area contributed by atoms with Crippen LogP contribution in [0.15, 0.2) is 22.7 Å². The van der Waals surface area contributed by atoms with Crippen LogP contribution in [0.3, 0.4) is 0 Å². The van der Waals surface area contributed by atoms with Crippen LogP contribution in [0, 0.1) is 11.3 Å². The van der Waals surface area contributed by atoms with Crippen molar-refractivity contribution >= 4 is 27.5 Å². The summed E-state index contributed by atoms with van der Waals surface area (Å²) in [6.45, 7) is 7.55. The van der Waals surface area contributed by atoms with Gasteiger partial charge in [0.25, 0.3) is 0 Å². The Bertz CT molecular complexity index is 514. The number of amides is 1. The van der Waals surface area contributed by atoms with Crippen molar-refractivity contribution in [2.45, 2.75) is 39.3 Å². The lowest BCUT2D eigenvalue weighted by atomic mass is 10.1. The monoisotopic (exact) mass is 323 g/mol. The van der Waals surface area contributed by atoms with Crippen molar-refractivity contribution in [3.8, 4) is 6.07 Å². The zero-order valence-electron chi connectivity index (χ0n) is 11.5. The van der Waals surface area contributed by atoms with E-state index in [1.54, 1.807) is 25.1 Å². The summed E-state index contributed by atoms with van der Waals surface area (Å²) in [7, 11) is 0. The van der Waals surface area contributed by atoms with Gasteiger partial charge in [-0.2, -0.15) is 5.26 Å². The van der Waals surface area contributed by atoms with Gasteiger partial charge in [-0.15, -0.1) is 0 Å². The molecule has 4 nitrogen and oxygen atoms in total. The van der Waals surface area contributed by atoms with Crippen molar-refractivity contribution in [1.82, 2.24) is 5.32 Å². The van der Waals surface area contributed by atoms with Gasteiger partial charge in [-0.1, -0.05) is 15.9 Å². The topological polar surface area (TPSA) is 64.9 Å². The fourth-order valence-electron chi connectivity index (χ4n) is 1.51. The molecule has 0 saturated carbocycles. The molecule has 0 heterocycles. The molecule has 0 radical (unpaired) electrons. The SMILES string of the molecule is CC(Nc1cc(Br)ccc1C#N)C(=O)NC(C)(C)C. The number of nitriles is 1. The first kappa shape index (κ1) is 15.5. The second-order valence-electron chi connectivity index (χ2n) is 5.41. The lowest BCUT2D eigenvalue weighted by Crippen LogP contribution is -2.47. The first-order valence-corrected chi connectivity index (χ1v) is 6.80. The summed E-state index contributed by atoms with van der Waals surface area (Å²) in [6.07, 6.45) is 0. The molecule has 0 aliphatic rings. The Labute approximate surface area is 122 Å². The Morgan fingerprint density at radius 3 is 2.58 bits per heavy atom. The number of halogens is 1. The highest BCUT2D eigenvalue weighted by Crippen LogP contribution is 2.21. The summed E-state index contributed by atoms with van der Waals surface area (Å²) in [4.78, 5) is 12.0. The van der Waals surface area contributed by atoms with E-state index in [4.69, 9.17) is 5.26 Å². The highest BCUT2D eigenvalue weighted by Gasteiger charge is 2.19. The predicted molar refractivity (Wildman–Crippen MR) is 79.8 cm³/mol. The minimum absolute atomic E-state index is 0.101. The van der Waals surface area contributed by atoms with Gasteiger partial charge in [0, 0.05) is 10.0 Å². The van der Waals surface area contributed by atoms with Crippen LogP contribution in [-0.4, -0.2) is 17.5 Å². The van der Waals surface area contributed by atoms with Crippen LogP contribution in [0.25, 0.3) is 0 Å². The molecule has 0 aromatic heterocycles. The van der Waals surface area contributed by atoms with Crippen molar-refractivity contribution in [2.75, 3.05) is 5.32 Å². The quantitative estimate of drug-likeness (QED) is 0.898. The van der Waals surface area contributed by atoms with E-state index in [0.29, 0.717) is 11.3 Å². The van der Waals surface area contributed by atoms with Crippen LogP contribution in [0.4, 0.5) is 5.69 Å². The van der Waals surface area contributed by atoms with Crippen LogP contribution in [-0.2, 0) is 4.79 Å². The molecule has 1 aromatic carbocycles. The molecule has 1 aromatic rings. The van der Waals surface area contributed by atoms with Gasteiger partial charge in [0.1, 0.15) is 12.1 Å². The molecule has 2 N–H and O–H groups in total. The van der Waals surface area contributed by atoms with E-state index in [2.05, 4.69) is 32.6 Å². The standard InChI is InChI=1S/C14H18BrN3O/c1-9(13(19)18-14(2,3)4)17-12-7-11(15)6-5-10(12)8-16/h5-7,9,17H,1-4H3,(H,18,19). The first-order valence-electron chi connectivity index (χ1n) is 6.01. The van der Waals surface area contributed by atoms with Crippen LogP contribution in [0.1, 0.15) is 33.3 Å².